The lowest BCUT2D eigenvalue weighted by atomic mass is 10.1. The van der Waals surface area contributed by atoms with E-state index in [9.17, 15) is 5.11 Å². The molecule has 0 saturated heterocycles. The summed E-state index contributed by atoms with van der Waals surface area (Å²) in [5, 5.41) is 14.3. The number of hydrogen-bond donors (Lipinski definition) is 2. The van der Waals surface area contributed by atoms with E-state index in [0.717, 1.165) is 17.0 Å². The Morgan fingerprint density at radius 1 is 1.35 bits per heavy atom. The Hall–Kier alpha value is -1.65. The summed E-state index contributed by atoms with van der Waals surface area (Å²) in [6, 6.07) is 11.8. The van der Waals surface area contributed by atoms with Gasteiger partial charge in [-0.05, 0) is 19.0 Å². The van der Waals surface area contributed by atoms with Crippen molar-refractivity contribution in [2.75, 3.05) is 6.54 Å². The highest BCUT2D eigenvalue weighted by Gasteiger charge is 2.13. The van der Waals surface area contributed by atoms with E-state index in [1.807, 2.05) is 43.4 Å². The fourth-order valence-electron chi connectivity index (χ4n) is 1.85. The van der Waals surface area contributed by atoms with Crippen molar-refractivity contribution < 1.29 is 5.11 Å². The zero-order chi connectivity index (χ0) is 12.3. The number of nitrogens with zero attached hydrogens (tertiary/aromatic N) is 2. The largest absolute Gasteiger partial charge is 0.387 e. The average molecular weight is 231 g/mol. The van der Waals surface area contributed by atoms with Gasteiger partial charge < -0.3 is 10.8 Å². The van der Waals surface area contributed by atoms with Gasteiger partial charge in [0, 0.05) is 12.6 Å². The van der Waals surface area contributed by atoms with Crippen LogP contribution in [0, 0.1) is 0 Å². The van der Waals surface area contributed by atoms with Gasteiger partial charge in [0.05, 0.1) is 17.5 Å². The average Bonchev–Trinajstić information content (AvgIpc) is 2.73. The second-order valence-corrected chi connectivity index (χ2v) is 4.04. The lowest BCUT2D eigenvalue weighted by Crippen LogP contribution is -2.10. The number of benzene rings is 1. The SMILES string of the molecule is Cn1nc(-c2ccccc2)cc1C(O)CCN. The number of nitrogens with two attached hydrogens (primary N) is 1. The summed E-state index contributed by atoms with van der Waals surface area (Å²) >= 11 is 0. The second kappa shape index (κ2) is 5.12. The molecule has 4 heteroatoms. The molecule has 1 aromatic heterocycles. The Bertz CT molecular complexity index is 479. The minimum Gasteiger partial charge on any atom is -0.387 e. The highest BCUT2D eigenvalue weighted by molar-refractivity contribution is 5.59. The van der Waals surface area contributed by atoms with Gasteiger partial charge >= 0.3 is 0 Å². The fourth-order valence-corrected chi connectivity index (χ4v) is 1.85. The quantitative estimate of drug-likeness (QED) is 0.837. The Balaban J connectivity index is 2.31. The molecule has 0 spiro atoms. The van der Waals surface area contributed by atoms with Gasteiger partial charge in [0.25, 0.3) is 0 Å². The van der Waals surface area contributed by atoms with Crippen LogP contribution in [0.5, 0.6) is 0 Å². The number of aliphatic hydroxyl groups excluding tert-OH is 1. The molecule has 0 bridgehead atoms. The van der Waals surface area contributed by atoms with Crippen molar-refractivity contribution in [3.05, 3.63) is 42.1 Å². The summed E-state index contributed by atoms with van der Waals surface area (Å²) < 4.78 is 1.71. The number of hydrogen-bond acceptors (Lipinski definition) is 3. The lowest BCUT2D eigenvalue weighted by molar-refractivity contribution is 0.160. The van der Waals surface area contributed by atoms with Gasteiger partial charge in [-0.15, -0.1) is 0 Å². The first-order valence-corrected chi connectivity index (χ1v) is 5.70. The van der Waals surface area contributed by atoms with Gasteiger partial charge in [-0.25, -0.2) is 0 Å². The van der Waals surface area contributed by atoms with Crippen molar-refractivity contribution in [3.63, 3.8) is 0 Å². The van der Waals surface area contributed by atoms with Crippen LogP contribution in [-0.4, -0.2) is 21.4 Å². The van der Waals surface area contributed by atoms with Crippen molar-refractivity contribution in [2.24, 2.45) is 12.8 Å². The third-order valence-electron chi connectivity index (χ3n) is 2.77. The summed E-state index contributed by atoms with van der Waals surface area (Å²) in [5.74, 6) is 0. The third kappa shape index (κ3) is 2.54. The van der Waals surface area contributed by atoms with Crippen molar-refractivity contribution in [1.29, 1.82) is 0 Å². The fraction of sp³-hybridized carbons (Fsp3) is 0.308. The maximum atomic E-state index is 9.92. The molecule has 0 saturated carbocycles. The van der Waals surface area contributed by atoms with E-state index in [2.05, 4.69) is 5.10 Å². The first-order valence-electron chi connectivity index (χ1n) is 5.70. The Kier molecular flexibility index (Phi) is 3.56. The monoisotopic (exact) mass is 231 g/mol. The molecule has 1 atom stereocenters. The molecule has 0 aliphatic rings. The smallest absolute Gasteiger partial charge is 0.0968 e. The van der Waals surface area contributed by atoms with E-state index in [0.29, 0.717) is 13.0 Å². The lowest BCUT2D eigenvalue weighted by Gasteiger charge is -2.08. The molecule has 3 N–H and O–H groups in total. The van der Waals surface area contributed by atoms with Crippen LogP contribution in [0.2, 0.25) is 0 Å². The second-order valence-electron chi connectivity index (χ2n) is 4.04. The van der Waals surface area contributed by atoms with Crippen LogP contribution >= 0.6 is 0 Å². The molecule has 1 heterocycles. The van der Waals surface area contributed by atoms with Crippen LogP contribution in [-0.2, 0) is 7.05 Å². The van der Waals surface area contributed by atoms with Crippen molar-refractivity contribution >= 4 is 0 Å². The molecule has 0 amide bonds. The van der Waals surface area contributed by atoms with E-state index in [4.69, 9.17) is 5.73 Å². The van der Waals surface area contributed by atoms with Crippen LogP contribution in [0.1, 0.15) is 18.2 Å². The highest BCUT2D eigenvalue weighted by Crippen LogP contribution is 2.23. The van der Waals surface area contributed by atoms with Crippen LogP contribution in [0.15, 0.2) is 36.4 Å². The maximum absolute atomic E-state index is 9.92. The number of aromatic nitrogens is 2. The van der Waals surface area contributed by atoms with E-state index < -0.39 is 6.10 Å². The van der Waals surface area contributed by atoms with E-state index >= 15 is 0 Å². The zero-order valence-corrected chi connectivity index (χ0v) is 9.87. The standard InChI is InChI=1S/C13H17N3O/c1-16-12(13(17)7-8-14)9-11(15-16)10-5-3-2-4-6-10/h2-6,9,13,17H,7-8,14H2,1H3. The summed E-state index contributed by atoms with van der Waals surface area (Å²) in [4.78, 5) is 0. The molecule has 1 unspecified atom stereocenters. The molecule has 2 rings (SSSR count). The van der Waals surface area contributed by atoms with E-state index in [1.165, 1.54) is 0 Å². The molecule has 0 aliphatic carbocycles. The van der Waals surface area contributed by atoms with Gasteiger partial charge in [-0.2, -0.15) is 5.10 Å². The van der Waals surface area contributed by atoms with Gasteiger partial charge in [0.2, 0.25) is 0 Å². The predicted molar refractivity (Wildman–Crippen MR) is 67.3 cm³/mol. The van der Waals surface area contributed by atoms with E-state index in [1.54, 1.807) is 4.68 Å². The molecule has 2 aromatic rings. The van der Waals surface area contributed by atoms with Crippen LogP contribution in [0.4, 0.5) is 0 Å². The first-order chi connectivity index (χ1) is 8.22. The topological polar surface area (TPSA) is 64.1 Å². The number of rotatable bonds is 4. The van der Waals surface area contributed by atoms with Crippen LogP contribution in [0.3, 0.4) is 0 Å². The van der Waals surface area contributed by atoms with Gasteiger partial charge in [0.1, 0.15) is 0 Å². The first kappa shape index (κ1) is 11.8. The minimum absolute atomic E-state index is 0.465. The third-order valence-corrected chi connectivity index (χ3v) is 2.77. The highest BCUT2D eigenvalue weighted by atomic mass is 16.3. The summed E-state index contributed by atoms with van der Waals surface area (Å²) in [7, 11) is 1.83. The summed E-state index contributed by atoms with van der Waals surface area (Å²) in [6.45, 7) is 0.465. The van der Waals surface area contributed by atoms with Gasteiger partial charge in [0.15, 0.2) is 0 Å². The Morgan fingerprint density at radius 3 is 2.71 bits per heavy atom. The Morgan fingerprint density at radius 2 is 2.06 bits per heavy atom. The maximum Gasteiger partial charge on any atom is 0.0968 e. The van der Waals surface area contributed by atoms with Crippen molar-refractivity contribution in [1.82, 2.24) is 9.78 Å². The van der Waals surface area contributed by atoms with Crippen LogP contribution < -0.4 is 5.73 Å². The molecular weight excluding hydrogens is 214 g/mol. The minimum atomic E-state index is -0.546. The van der Waals surface area contributed by atoms with Gasteiger partial charge in [-0.1, -0.05) is 30.3 Å². The molecule has 0 radical (unpaired) electrons. The zero-order valence-electron chi connectivity index (χ0n) is 9.87. The van der Waals surface area contributed by atoms with Crippen molar-refractivity contribution in [3.8, 4) is 11.3 Å². The number of aryl methyl sites for hydroxylation is 1. The number of aliphatic hydroxyl groups is 1. The molecule has 0 aliphatic heterocycles. The van der Waals surface area contributed by atoms with Crippen LogP contribution in [0.25, 0.3) is 11.3 Å². The molecule has 1 aromatic carbocycles. The molecule has 17 heavy (non-hydrogen) atoms. The Labute approximate surface area is 101 Å². The molecule has 0 fully saturated rings. The van der Waals surface area contributed by atoms with Crippen molar-refractivity contribution in [2.45, 2.75) is 12.5 Å². The predicted octanol–water partition coefficient (Wildman–Crippen LogP) is 1.47. The van der Waals surface area contributed by atoms with E-state index in [-0.39, 0.29) is 0 Å². The molecule has 90 valence electrons. The summed E-state index contributed by atoms with van der Waals surface area (Å²) in [6.07, 6.45) is 0.00304. The molecular formula is C13H17N3O. The normalized spacial score (nSPS) is 12.6. The van der Waals surface area contributed by atoms with Gasteiger partial charge in [-0.3, -0.25) is 4.68 Å². The molecule has 4 nitrogen and oxygen atoms in total. The summed E-state index contributed by atoms with van der Waals surface area (Å²) in [5.41, 5.74) is 8.17.